The molecule has 19 heavy (non-hydrogen) atoms. The summed E-state index contributed by atoms with van der Waals surface area (Å²) in [6, 6.07) is 7.84. The van der Waals surface area contributed by atoms with Gasteiger partial charge in [0.25, 0.3) is 0 Å². The van der Waals surface area contributed by atoms with Gasteiger partial charge in [-0.2, -0.15) is 13.2 Å². The van der Waals surface area contributed by atoms with Crippen molar-refractivity contribution in [3.63, 3.8) is 0 Å². The van der Waals surface area contributed by atoms with Gasteiger partial charge in [-0.15, -0.1) is 0 Å². The SMILES string of the molecule is Cc1ccc(OCCCCCCCC(F)(F)F)cc1. The smallest absolute Gasteiger partial charge is 0.389 e. The van der Waals surface area contributed by atoms with Crippen molar-refractivity contribution in [2.75, 3.05) is 6.61 Å². The lowest BCUT2D eigenvalue weighted by molar-refractivity contribution is -0.135. The molecule has 0 saturated carbocycles. The van der Waals surface area contributed by atoms with Crippen molar-refractivity contribution in [3.05, 3.63) is 29.8 Å². The molecule has 0 aliphatic carbocycles. The molecule has 1 aromatic rings. The molecule has 0 spiro atoms. The van der Waals surface area contributed by atoms with Crippen molar-refractivity contribution < 1.29 is 17.9 Å². The summed E-state index contributed by atoms with van der Waals surface area (Å²) in [7, 11) is 0. The van der Waals surface area contributed by atoms with Crippen molar-refractivity contribution in [2.45, 2.75) is 51.6 Å². The lowest BCUT2D eigenvalue weighted by Crippen LogP contribution is -2.06. The number of ether oxygens (including phenoxy) is 1. The maximum Gasteiger partial charge on any atom is 0.389 e. The van der Waals surface area contributed by atoms with Gasteiger partial charge in [0, 0.05) is 6.42 Å². The first-order valence-corrected chi connectivity index (χ1v) is 6.73. The summed E-state index contributed by atoms with van der Waals surface area (Å²) >= 11 is 0. The van der Waals surface area contributed by atoms with Crippen LogP contribution in [0.4, 0.5) is 13.2 Å². The highest BCUT2D eigenvalue weighted by Crippen LogP contribution is 2.23. The summed E-state index contributed by atoms with van der Waals surface area (Å²) in [6.45, 7) is 2.65. The lowest BCUT2D eigenvalue weighted by atomic mass is 10.1. The molecule has 1 aromatic carbocycles. The summed E-state index contributed by atoms with van der Waals surface area (Å²) in [5, 5.41) is 0. The predicted molar refractivity (Wildman–Crippen MR) is 70.4 cm³/mol. The molecule has 1 rings (SSSR count). The summed E-state index contributed by atoms with van der Waals surface area (Å²) in [4.78, 5) is 0. The maximum atomic E-state index is 11.9. The number of rotatable bonds is 8. The molecular weight excluding hydrogens is 253 g/mol. The van der Waals surface area contributed by atoms with Gasteiger partial charge in [-0.1, -0.05) is 37.0 Å². The Bertz CT molecular complexity index is 343. The highest BCUT2D eigenvalue weighted by Gasteiger charge is 2.25. The summed E-state index contributed by atoms with van der Waals surface area (Å²) in [6.07, 6.45) is -1.13. The van der Waals surface area contributed by atoms with Crippen LogP contribution in [0.1, 0.15) is 44.1 Å². The van der Waals surface area contributed by atoms with Crippen LogP contribution in [0.5, 0.6) is 5.75 Å². The molecule has 0 heterocycles. The van der Waals surface area contributed by atoms with Gasteiger partial charge in [0.15, 0.2) is 0 Å². The van der Waals surface area contributed by atoms with E-state index in [1.54, 1.807) is 0 Å². The van der Waals surface area contributed by atoms with Gasteiger partial charge < -0.3 is 4.74 Å². The molecule has 0 radical (unpaired) electrons. The van der Waals surface area contributed by atoms with E-state index in [1.165, 1.54) is 5.56 Å². The van der Waals surface area contributed by atoms with Crippen molar-refractivity contribution in [2.24, 2.45) is 0 Å². The fourth-order valence-corrected chi connectivity index (χ4v) is 1.78. The molecule has 0 saturated heterocycles. The van der Waals surface area contributed by atoms with E-state index in [0.29, 0.717) is 13.0 Å². The molecule has 0 N–H and O–H groups in total. The Labute approximate surface area is 112 Å². The van der Waals surface area contributed by atoms with E-state index in [2.05, 4.69) is 0 Å². The van der Waals surface area contributed by atoms with E-state index in [0.717, 1.165) is 25.0 Å². The zero-order valence-electron chi connectivity index (χ0n) is 11.3. The number of halogens is 3. The first-order chi connectivity index (χ1) is 8.97. The Balaban J connectivity index is 1.95. The topological polar surface area (TPSA) is 9.23 Å². The first-order valence-electron chi connectivity index (χ1n) is 6.73. The number of alkyl halides is 3. The van der Waals surface area contributed by atoms with Crippen LogP contribution in [0.3, 0.4) is 0 Å². The van der Waals surface area contributed by atoms with Crippen molar-refractivity contribution >= 4 is 0 Å². The van der Waals surface area contributed by atoms with E-state index >= 15 is 0 Å². The van der Waals surface area contributed by atoms with Crippen LogP contribution in [0.25, 0.3) is 0 Å². The van der Waals surface area contributed by atoms with E-state index < -0.39 is 12.6 Å². The van der Waals surface area contributed by atoms with Crippen LogP contribution in [0.15, 0.2) is 24.3 Å². The Kier molecular flexibility index (Phi) is 6.74. The number of benzene rings is 1. The summed E-state index contributed by atoms with van der Waals surface area (Å²) < 4.78 is 41.2. The van der Waals surface area contributed by atoms with Crippen LogP contribution in [-0.2, 0) is 0 Å². The van der Waals surface area contributed by atoms with E-state index in [1.807, 2.05) is 31.2 Å². The van der Waals surface area contributed by atoms with Crippen LogP contribution in [0, 0.1) is 6.92 Å². The second-order valence-corrected chi connectivity index (χ2v) is 4.79. The van der Waals surface area contributed by atoms with E-state index in [4.69, 9.17) is 4.74 Å². The van der Waals surface area contributed by atoms with Gasteiger partial charge in [0.1, 0.15) is 5.75 Å². The van der Waals surface area contributed by atoms with Gasteiger partial charge in [-0.25, -0.2) is 0 Å². The van der Waals surface area contributed by atoms with Crippen molar-refractivity contribution in [1.82, 2.24) is 0 Å². The Morgan fingerprint density at radius 2 is 1.47 bits per heavy atom. The highest BCUT2D eigenvalue weighted by atomic mass is 19.4. The number of aryl methyl sites for hydroxylation is 1. The van der Waals surface area contributed by atoms with Crippen molar-refractivity contribution in [1.29, 1.82) is 0 Å². The lowest BCUT2D eigenvalue weighted by Gasteiger charge is -2.07. The highest BCUT2D eigenvalue weighted by molar-refractivity contribution is 5.26. The number of hydrogen-bond donors (Lipinski definition) is 0. The molecule has 0 amide bonds. The molecular formula is C15H21F3O. The predicted octanol–water partition coefficient (Wildman–Crippen LogP) is 5.28. The van der Waals surface area contributed by atoms with Gasteiger partial charge >= 0.3 is 6.18 Å². The second kappa shape index (κ2) is 8.08. The average Bonchev–Trinajstić information content (AvgIpc) is 2.33. The minimum atomic E-state index is -4.01. The third-order valence-electron chi connectivity index (χ3n) is 2.89. The average molecular weight is 274 g/mol. The number of hydrogen-bond acceptors (Lipinski definition) is 1. The first kappa shape index (κ1) is 15.9. The summed E-state index contributed by atoms with van der Waals surface area (Å²) in [5.41, 5.74) is 1.19. The maximum absolute atomic E-state index is 11.9. The van der Waals surface area contributed by atoms with Crippen LogP contribution >= 0.6 is 0 Å². The zero-order chi connectivity index (χ0) is 14.1. The minimum absolute atomic E-state index is 0.238. The molecule has 0 bridgehead atoms. The van der Waals surface area contributed by atoms with Gasteiger partial charge in [-0.3, -0.25) is 0 Å². The molecule has 0 aromatic heterocycles. The molecule has 1 nitrogen and oxygen atoms in total. The molecule has 108 valence electrons. The molecule has 0 unspecified atom stereocenters. The van der Waals surface area contributed by atoms with Gasteiger partial charge in [-0.05, 0) is 31.9 Å². The monoisotopic (exact) mass is 274 g/mol. The van der Waals surface area contributed by atoms with E-state index in [9.17, 15) is 13.2 Å². The fraction of sp³-hybridized carbons (Fsp3) is 0.600. The molecule has 0 atom stereocenters. The largest absolute Gasteiger partial charge is 0.494 e. The van der Waals surface area contributed by atoms with Crippen LogP contribution < -0.4 is 4.74 Å². The minimum Gasteiger partial charge on any atom is -0.494 e. The Morgan fingerprint density at radius 1 is 0.895 bits per heavy atom. The molecule has 0 aliphatic rings. The van der Waals surface area contributed by atoms with Crippen LogP contribution in [0.2, 0.25) is 0 Å². The quantitative estimate of drug-likeness (QED) is 0.586. The van der Waals surface area contributed by atoms with Crippen molar-refractivity contribution in [3.8, 4) is 5.75 Å². The molecule has 0 aliphatic heterocycles. The zero-order valence-corrected chi connectivity index (χ0v) is 11.3. The Morgan fingerprint density at radius 3 is 2.11 bits per heavy atom. The second-order valence-electron chi connectivity index (χ2n) is 4.79. The van der Waals surface area contributed by atoms with E-state index in [-0.39, 0.29) is 6.42 Å². The number of unbranched alkanes of at least 4 members (excludes halogenated alkanes) is 4. The third-order valence-corrected chi connectivity index (χ3v) is 2.89. The third kappa shape index (κ3) is 8.51. The Hall–Kier alpha value is -1.19. The van der Waals surface area contributed by atoms with Crippen LogP contribution in [-0.4, -0.2) is 12.8 Å². The van der Waals surface area contributed by atoms with Gasteiger partial charge in [0.05, 0.1) is 6.61 Å². The fourth-order valence-electron chi connectivity index (χ4n) is 1.78. The van der Waals surface area contributed by atoms with Gasteiger partial charge in [0.2, 0.25) is 0 Å². The molecule has 0 fully saturated rings. The standard InChI is InChI=1S/C15H21F3O/c1-13-7-9-14(10-8-13)19-12-6-4-2-3-5-11-15(16,17)18/h7-10H,2-6,11-12H2,1H3. The summed E-state index contributed by atoms with van der Waals surface area (Å²) in [5.74, 6) is 0.850. The molecule has 4 heteroatoms. The normalized spacial score (nSPS) is 11.6.